The molecule has 148 valence electrons. The summed E-state index contributed by atoms with van der Waals surface area (Å²) >= 11 is 3.30. The summed E-state index contributed by atoms with van der Waals surface area (Å²) in [5.74, 6) is -3.38. The first-order chi connectivity index (χ1) is 12.6. The van der Waals surface area contributed by atoms with Gasteiger partial charge < -0.3 is 14.2 Å². The standard InChI is InChI=1S/C15H17BrFN3O7/c1-6(21)20(13-9(17)4-18-15(24)19-13)14-12(26-8(3)23)11(16)10(27-14)5-25-7(2)22/h4,10-12,14H,5H2,1-3H3,(H,18,19,24)/t10-,11+,12-,14-/m1/s1. The molecular formula is C15H17BrFN3O7. The van der Waals surface area contributed by atoms with Crippen LogP contribution in [0.2, 0.25) is 0 Å². The predicted octanol–water partition coefficient (Wildman–Crippen LogP) is 0.245. The van der Waals surface area contributed by atoms with Crippen LogP contribution in [0.4, 0.5) is 10.2 Å². The molecule has 1 aliphatic rings. The number of anilines is 1. The maximum Gasteiger partial charge on any atom is 0.346 e. The fraction of sp³-hybridized carbons (Fsp3) is 0.533. The molecule has 27 heavy (non-hydrogen) atoms. The molecule has 4 atom stereocenters. The smallest absolute Gasteiger partial charge is 0.346 e. The number of carbonyl (C=O) groups is 3. The normalized spacial score (nSPS) is 24.3. The molecule has 12 heteroatoms. The van der Waals surface area contributed by atoms with Gasteiger partial charge in [0.25, 0.3) is 0 Å². The molecule has 2 heterocycles. The van der Waals surface area contributed by atoms with Crippen LogP contribution >= 0.6 is 15.9 Å². The number of nitrogens with one attached hydrogen (secondary N) is 1. The van der Waals surface area contributed by atoms with Crippen LogP contribution in [0.5, 0.6) is 0 Å². The first kappa shape index (κ1) is 21.0. The highest BCUT2D eigenvalue weighted by Crippen LogP contribution is 2.34. The van der Waals surface area contributed by atoms with Crippen molar-refractivity contribution >= 4 is 39.6 Å². The number of halogens is 2. The molecule has 0 radical (unpaired) electrons. The number of hydrogen-bond acceptors (Lipinski definition) is 8. The van der Waals surface area contributed by atoms with Crippen LogP contribution in [-0.4, -0.2) is 57.7 Å². The third-order valence-corrected chi connectivity index (χ3v) is 4.71. The number of ether oxygens (including phenoxy) is 3. The Labute approximate surface area is 161 Å². The maximum absolute atomic E-state index is 14.2. The van der Waals surface area contributed by atoms with E-state index < -0.39 is 58.4 Å². The molecule has 0 spiro atoms. The molecule has 0 bridgehead atoms. The van der Waals surface area contributed by atoms with Gasteiger partial charge >= 0.3 is 17.6 Å². The van der Waals surface area contributed by atoms with Crippen molar-refractivity contribution in [2.45, 2.75) is 44.0 Å². The van der Waals surface area contributed by atoms with Crippen LogP contribution in [0, 0.1) is 5.82 Å². The molecule has 0 aliphatic carbocycles. The second-order valence-corrected chi connectivity index (χ2v) is 6.72. The number of aromatic nitrogens is 2. The maximum atomic E-state index is 14.2. The Morgan fingerprint density at radius 2 is 2.00 bits per heavy atom. The van der Waals surface area contributed by atoms with Gasteiger partial charge in [-0.2, -0.15) is 4.98 Å². The van der Waals surface area contributed by atoms with Crippen molar-refractivity contribution in [3.63, 3.8) is 0 Å². The molecule has 1 aromatic heterocycles. The lowest BCUT2D eigenvalue weighted by atomic mass is 10.2. The highest BCUT2D eigenvalue weighted by atomic mass is 79.9. The van der Waals surface area contributed by atoms with E-state index >= 15 is 0 Å². The van der Waals surface area contributed by atoms with Gasteiger partial charge in [0.1, 0.15) is 12.7 Å². The van der Waals surface area contributed by atoms with Gasteiger partial charge in [-0.1, -0.05) is 15.9 Å². The van der Waals surface area contributed by atoms with E-state index in [2.05, 4.69) is 25.9 Å². The van der Waals surface area contributed by atoms with Crippen LogP contribution in [0.15, 0.2) is 11.0 Å². The lowest BCUT2D eigenvalue weighted by Gasteiger charge is -2.30. The number of rotatable bonds is 5. The van der Waals surface area contributed by atoms with E-state index in [9.17, 15) is 23.6 Å². The van der Waals surface area contributed by atoms with E-state index in [1.165, 1.54) is 6.92 Å². The summed E-state index contributed by atoms with van der Waals surface area (Å²) in [5, 5.41) is 0. The molecule has 10 nitrogen and oxygen atoms in total. The number of amides is 1. The molecule has 1 fully saturated rings. The second kappa shape index (κ2) is 8.57. The molecule has 0 saturated carbocycles. The van der Waals surface area contributed by atoms with Gasteiger partial charge in [-0.3, -0.25) is 24.3 Å². The molecule has 2 rings (SSSR count). The predicted molar refractivity (Wildman–Crippen MR) is 91.5 cm³/mol. The van der Waals surface area contributed by atoms with Crippen molar-refractivity contribution in [3.05, 3.63) is 22.5 Å². The van der Waals surface area contributed by atoms with E-state index in [-0.39, 0.29) is 6.61 Å². The summed E-state index contributed by atoms with van der Waals surface area (Å²) in [4.78, 5) is 51.7. The number of hydrogen-bond donors (Lipinski definition) is 1. The minimum absolute atomic E-state index is 0.194. The molecule has 0 unspecified atom stereocenters. The van der Waals surface area contributed by atoms with Crippen LogP contribution in [0.25, 0.3) is 0 Å². The highest BCUT2D eigenvalue weighted by Gasteiger charge is 2.50. The first-order valence-electron chi connectivity index (χ1n) is 7.76. The van der Waals surface area contributed by atoms with E-state index in [1.54, 1.807) is 0 Å². The van der Waals surface area contributed by atoms with Crippen molar-refractivity contribution in [1.82, 2.24) is 9.97 Å². The van der Waals surface area contributed by atoms with Gasteiger partial charge in [0.2, 0.25) is 5.91 Å². The quantitative estimate of drug-likeness (QED) is 0.500. The summed E-state index contributed by atoms with van der Waals surface area (Å²) in [6.45, 7) is 3.29. The zero-order chi connectivity index (χ0) is 20.3. The van der Waals surface area contributed by atoms with E-state index in [0.29, 0.717) is 6.20 Å². The number of H-pyrrole nitrogens is 1. The Morgan fingerprint density at radius 3 is 2.56 bits per heavy atom. The summed E-state index contributed by atoms with van der Waals surface area (Å²) in [7, 11) is 0. The van der Waals surface area contributed by atoms with Gasteiger partial charge in [0, 0.05) is 20.8 Å². The van der Waals surface area contributed by atoms with Gasteiger partial charge in [-0.05, 0) is 0 Å². The summed E-state index contributed by atoms with van der Waals surface area (Å²) in [5.41, 5.74) is -0.883. The first-order valence-corrected chi connectivity index (χ1v) is 8.68. The Bertz CT molecular complexity index is 802. The molecular weight excluding hydrogens is 433 g/mol. The minimum atomic E-state index is -1.29. The van der Waals surface area contributed by atoms with Gasteiger partial charge in [-0.25, -0.2) is 9.18 Å². The number of carbonyl (C=O) groups excluding carboxylic acids is 3. The molecule has 1 saturated heterocycles. The van der Waals surface area contributed by atoms with Crippen molar-refractivity contribution < 1.29 is 33.0 Å². The van der Waals surface area contributed by atoms with E-state index in [4.69, 9.17) is 14.2 Å². The molecule has 1 N–H and O–H groups in total. The van der Waals surface area contributed by atoms with Crippen LogP contribution in [-0.2, 0) is 28.6 Å². The molecule has 0 aromatic carbocycles. The molecule has 1 aromatic rings. The van der Waals surface area contributed by atoms with Gasteiger partial charge in [-0.15, -0.1) is 0 Å². The Hall–Kier alpha value is -2.34. The largest absolute Gasteiger partial charge is 0.463 e. The Kier molecular flexibility index (Phi) is 6.65. The van der Waals surface area contributed by atoms with Gasteiger partial charge in [0.05, 0.1) is 11.0 Å². The highest BCUT2D eigenvalue weighted by molar-refractivity contribution is 9.09. The number of nitrogens with zero attached hydrogens (tertiary/aromatic N) is 2. The lowest BCUT2D eigenvalue weighted by Crippen LogP contribution is -2.49. The van der Waals surface area contributed by atoms with Gasteiger partial charge in [0.15, 0.2) is 24.0 Å². The van der Waals surface area contributed by atoms with Crippen LogP contribution < -0.4 is 10.6 Å². The zero-order valence-electron chi connectivity index (χ0n) is 14.6. The van der Waals surface area contributed by atoms with Crippen molar-refractivity contribution in [2.24, 2.45) is 0 Å². The second-order valence-electron chi connectivity index (χ2n) is 5.66. The average Bonchev–Trinajstić information content (AvgIpc) is 2.85. The SMILES string of the molecule is CC(=O)OC[C@H]1O[C@@H](N(C(C)=O)c2[nH]c(=O)ncc2F)[C@H](OC(C)=O)[C@H]1Br. The topological polar surface area (TPSA) is 128 Å². The lowest BCUT2D eigenvalue weighted by molar-refractivity contribution is -0.150. The Balaban J connectivity index is 2.43. The van der Waals surface area contributed by atoms with E-state index in [1.807, 2.05) is 0 Å². The monoisotopic (exact) mass is 449 g/mol. The molecule has 1 aliphatic heterocycles. The zero-order valence-corrected chi connectivity index (χ0v) is 16.2. The van der Waals surface area contributed by atoms with Crippen molar-refractivity contribution in [1.29, 1.82) is 0 Å². The van der Waals surface area contributed by atoms with Crippen molar-refractivity contribution in [3.8, 4) is 0 Å². The number of esters is 2. The summed E-state index contributed by atoms with van der Waals surface area (Å²) in [6.07, 6.45) is -2.50. The number of aromatic amines is 1. The summed E-state index contributed by atoms with van der Waals surface area (Å²) in [6, 6.07) is 0. The van der Waals surface area contributed by atoms with Crippen LogP contribution in [0.3, 0.4) is 0 Å². The third-order valence-electron chi connectivity index (χ3n) is 3.60. The third kappa shape index (κ3) is 4.89. The minimum Gasteiger partial charge on any atom is -0.463 e. The fourth-order valence-corrected chi connectivity index (χ4v) is 3.21. The van der Waals surface area contributed by atoms with Crippen LogP contribution in [0.1, 0.15) is 20.8 Å². The van der Waals surface area contributed by atoms with E-state index in [0.717, 1.165) is 18.7 Å². The molecule has 1 amide bonds. The number of alkyl halides is 1. The van der Waals surface area contributed by atoms with Crippen molar-refractivity contribution in [2.75, 3.05) is 11.5 Å². The summed E-state index contributed by atoms with van der Waals surface area (Å²) < 4.78 is 30.0. The fourth-order valence-electron chi connectivity index (χ4n) is 2.56. The Morgan fingerprint density at radius 1 is 1.33 bits per heavy atom. The average molecular weight is 450 g/mol.